The van der Waals surface area contributed by atoms with Crippen molar-refractivity contribution in [3.63, 3.8) is 0 Å². The number of aliphatic hydroxyl groups is 8. The highest BCUT2D eigenvalue weighted by Gasteiger charge is 2.47. The van der Waals surface area contributed by atoms with Gasteiger partial charge in [0.15, 0.2) is 12.4 Å². The van der Waals surface area contributed by atoms with E-state index in [9.17, 15) is 50.4 Å². The molecule has 9 atom stereocenters. The number of Topliss-reactive ketones (excluding diaryl/α,β-unsaturated/α-hetero) is 1. The van der Waals surface area contributed by atoms with Crippen LogP contribution in [0.3, 0.4) is 0 Å². The normalized spacial score (nSPS) is 28.7. The lowest BCUT2D eigenvalue weighted by molar-refractivity contribution is -0.326. The van der Waals surface area contributed by atoms with E-state index in [0.29, 0.717) is 12.2 Å². The number of carbonyl (C=O) groups excluding carboxylic acids is 2. The molecule has 1 aliphatic heterocycles. The predicted molar refractivity (Wildman–Crippen MR) is 119 cm³/mol. The van der Waals surface area contributed by atoms with Crippen molar-refractivity contribution in [2.24, 2.45) is 0 Å². The van der Waals surface area contributed by atoms with Crippen LogP contribution in [-0.2, 0) is 19.1 Å². The first-order valence-electron chi connectivity index (χ1n) is 11.0. The molecule has 13 nitrogen and oxygen atoms in total. The minimum Gasteiger partial charge on any atom is -0.394 e. The molecule has 0 aliphatic carbocycles. The van der Waals surface area contributed by atoms with E-state index in [0.717, 1.165) is 18.6 Å². The van der Waals surface area contributed by atoms with Gasteiger partial charge in [-0.15, -0.1) is 0 Å². The fourth-order valence-corrected chi connectivity index (χ4v) is 4.06. The Hall–Kier alpha value is -0.910. The van der Waals surface area contributed by atoms with Crippen LogP contribution in [0.5, 0.6) is 0 Å². The summed E-state index contributed by atoms with van der Waals surface area (Å²) in [5, 5.41) is 81.3. The highest BCUT2D eigenvalue weighted by Crippen LogP contribution is 2.25. The van der Waals surface area contributed by atoms with Crippen molar-refractivity contribution in [1.29, 1.82) is 0 Å². The van der Waals surface area contributed by atoms with E-state index >= 15 is 0 Å². The van der Waals surface area contributed by atoms with Gasteiger partial charge in [-0.25, -0.2) is 0 Å². The summed E-state index contributed by atoms with van der Waals surface area (Å²) in [4.78, 5) is 23.1. The number of rotatable bonds is 16. The molecule has 200 valence electrons. The molecule has 0 radical (unpaired) electrons. The Labute approximate surface area is 201 Å². The second-order valence-corrected chi connectivity index (χ2v) is 9.27. The Kier molecular flexibility index (Phi) is 14.6. The first-order chi connectivity index (χ1) is 16.0. The third-order valence-electron chi connectivity index (χ3n) is 5.25. The summed E-state index contributed by atoms with van der Waals surface area (Å²) < 4.78 is 10.4. The Morgan fingerprint density at radius 1 is 1.03 bits per heavy atom. The van der Waals surface area contributed by atoms with Gasteiger partial charge in [0.25, 0.3) is 5.91 Å². The van der Waals surface area contributed by atoms with E-state index < -0.39 is 74.2 Å². The van der Waals surface area contributed by atoms with Crippen LogP contribution in [0.25, 0.3) is 0 Å². The van der Waals surface area contributed by atoms with Crippen LogP contribution in [0.4, 0.5) is 0 Å². The van der Waals surface area contributed by atoms with E-state index in [1.165, 1.54) is 18.7 Å². The number of ether oxygens (including phenoxy) is 2. The molecule has 0 spiro atoms. The molecule has 1 heterocycles. The van der Waals surface area contributed by atoms with Crippen LogP contribution in [0.2, 0.25) is 0 Å². The van der Waals surface area contributed by atoms with Gasteiger partial charge in [0.05, 0.1) is 13.2 Å². The summed E-state index contributed by atoms with van der Waals surface area (Å²) in [6.45, 7) is -0.00364. The van der Waals surface area contributed by atoms with Crippen molar-refractivity contribution >= 4 is 23.5 Å². The number of amides is 1. The molecule has 14 heteroatoms. The number of hydrogen-bond donors (Lipinski definition) is 9. The van der Waals surface area contributed by atoms with Crippen molar-refractivity contribution in [2.45, 2.75) is 81.3 Å². The zero-order valence-electron chi connectivity index (χ0n) is 19.0. The molecule has 0 aromatic rings. The summed E-state index contributed by atoms with van der Waals surface area (Å²) in [5.41, 5.74) is 0. The maximum Gasteiger partial charge on any atom is 0.251 e. The zero-order valence-corrected chi connectivity index (χ0v) is 19.8. The Bertz CT molecular complexity index is 612. The fraction of sp³-hybridized carbons (Fsp3) is 0.900. The maximum atomic E-state index is 12.2. The average Bonchev–Trinajstić information content (AvgIpc) is 2.82. The monoisotopic (exact) mass is 515 g/mol. The van der Waals surface area contributed by atoms with Gasteiger partial charge in [-0.1, -0.05) is 0 Å². The summed E-state index contributed by atoms with van der Waals surface area (Å²) >= 11 is 1.53. The van der Waals surface area contributed by atoms with E-state index in [1.807, 2.05) is 0 Å². The standard InChI is InChI=1S/C20H37NO12S/c1-10(24)4-2-3-6-34-7-5-21-19(31)16(29)15(28)18(11(25)8-22)33-20-17(30)14(27)13(26)12(9-23)32-20/h11-18,20,22-23,25-30H,2-9H2,1H3,(H,21,31)/t11?,12?,13-,14-,15+,16?,17?,18+,20-/m0/s1. The lowest BCUT2D eigenvalue weighted by atomic mass is 9.98. The number of ketones is 1. The Balaban J connectivity index is 2.60. The number of nitrogens with one attached hydrogen (secondary N) is 1. The van der Waals surface area contributed by atoms with Crippen molar-refractivity contribution in [3.8, 4) is 0 Å². The van der Waals surface area contributed by atoms with Crippen LogP contribution >= 0.6 is 11.8 Å². The minimum absolute atomic E-state index is 0.130. The molecule has 4 unspecified atom stereocenters. The minimum atomic E-state index is -2.09. The predicted octanol–water partition coefficient (Wildman–Crippen LogP) is -4.14. The van der Waals surface area contributed by atoms with Gasteiger partial charge in [-0.3, -0.25) is 4.79 Å². The molecule has 0 aromatic heterocycles. The molecular formula is C20H37NO12S. The first kappa shape index (κ1) is 31.1. The molecule has 0 aromatic carbocycles. The van der Waals surface area contributed by atoms with E-state index in [1.54, 1.807) is 0 Å². The summed E-state index contributed by atoms with van der Waals surface area (Å²) in [7, 11) is 0. The highest BCUT2D eigenvalue weighted by molar-refractivity contribution is 7.99. The van der Waals surface area contributed by atoms with Gasteiger partial charge in [-0.2, -0.15) is 11.8 Å². The average molecular weight is 516 g/mol. The molecule has 0 saturated carbocycles. The number of hydrogen-bond acceptors (Lipinski definition) is 13. The van der Waals surface area contributed by atoms with Gasteiger partial charge in [0, 0.05) is 18.7 Å². The fourth-order valence-electron chi connectivity index (χ4n) is 3.20. The van der Waals surface area contributed by atoms with Crippen molar-refractivity contribution in [2.75, 3.05) is 31.3 Å². The van der Waals surface area contributed by atoms with E-state index in [2.05, 4.69) is 5.32 Å². The highest BCUT2D eigenvalue weighted by atomic mass is 32.2. The van der Waals surface area contributed by atoms with Crippen molar-refractivity contribution in [3.05, 3.63) is 0 Å². The number of aliphatic hydroxyl groups excluding tert-OH is 8. The van der Waals surface area contributed by atoms with Gasteiger partial charge >= 0.3 is 0 Å². The van der Waals surface area contributed by atoms with Crippen LogP contribution in [-0.4, -0.2) is 139 Å². The number of thioether (sulfide) groups is 1. The van der Waals surface area contributed by atoms with Crippen LogP contribution in [0, 0.1) is 0 Å². The zero-order chi connectivity index (χ0) is 25.8. The second kappa shape index (κ2) is 16.0. The number of unbranched alkanes of at least 4 members (excludes halogenated alkanes) is 1. The quantitative estimate of drug-likeness (QED) is 0.0891. The molecule has 1 saturated heterocycles. The Morgan fingerprint density at radius 3 is 2.29 bits per heavy atom. The van der Waals surface area contributed by atoms with Gasteiger partial charge in [0.2, 0.25) is 0 Å². The van der Waals surface area contributed by atoms with Gasteiger partial charge in [0.1, 0.15) is 48.5 Å². The Morgan fingerprint density at radius 2 is 1.71 bits per heavy atom. The van der Waals surface area contributed by atoms with E-state index in [-0.39, 0.29) is 12.3 Å². The van der Waals surface area contributed by atoms with Crippen LogP contribution in [0.15, 0.2) is 0 Å². The molecule has 34 heavy (non-hydrogen) atoms. The smallest absolute Gasteiger partial charge is 0.251 e. The topological polar surface area (TPSA) is 226 Å². The van der Waals surface area contributed by atoms with Crippen molar-refractivity contribution in [1.82, 2.24) is 5.32 Å². The second-order valence-electron chi connectivity index (χ2n) is 8.05. The van der Waals surface area contributed by atoms with Crippen LogP contribution < -0.4 is 5.32 Å². The summed E-state index contributed by atoms with van der Waals surface area (Å²) in [5.74, 6) is 0.451. The SMILES string of the molecule is CC(=O)CCCCSCCNC(=O)C(O)[C@@H](O)[C@H](O[C@@H]1OC(CO)[C@H](O)[C@H](O)C1O)C(O)CO. The third kappa shape index (κ3) is 9.62. The van der Waals surface area contributed by atoms with Gasteiger partial charge < -0.3 is 60.4 Å². The van der Waals surface area contributed by atoms with Crippen molar-refractivity contribution < 1.29 is 59.9 Å². The molecule has 1 amide bonds. The molecule has 1 aliphatic rings. The largest absolute Gasteiger partial charge is 0.394 e. The lowest BCUT2D eigenvalue weighted by Gasteiger charge is -2.42. The molecule has 1 rings (SSSR count). The van der Waals surface area contributed by atoms with E-state index in [4.69, 9.17) is 9.47 Å². The first-order valence-corrected chi connectivity index (χ1v) is 12.2. The molecule has 9 N–H and O–H groups in total. The summed E-state index contributed by atoms with van der Waals surface area (Å²) in [6, 6.07) is 0. The third-order valence-corrected chi connectivity index (χ3v) is 6.32. The molecular weight excluding hydrogens is 478 g/mol. The summed E-state index contributed by atoms with van der Waals surface area (Å²) in [6.07, 6.45) is -14.1. The maximum absolute atomic E-state index is 12.2. The number of carbonyl (C=O) groups is 2. The van der Waals surface area contributed by atoms with Crippen LogP contribution in [0.1, 0.15) is 26.2 Å². The van der Waals surface area contributed by atoms with Gasteiger partial charge in [-0.05, 0) is 25.5 Å². The lowest BCUT2D eigenvalue weighted by Crippen LogP contribution is -2.62. The molecule has 1 fully saturated rings. The molecule has 0 bridgehead atoms.